The van der Waals surface area contributed by atoms with Gasteiger partial charge < -0.3 is 4.57 Å². The maximum atomic E-state index is 12.3. The summed E-state index contributed by atoms with van der Waals surface area (Å²) in [5.41, 5.74) is 0.958. The van der Waals surface area contributed by atoms with Crippen molar-refractivity contribution in [1.29, 1.82) is 0 Å². The van der Waals surface area contributed by atoms with Crippen LogP contribution in [0.2, 0.25) is 0 Å². The van der Waals surface area contributed by atoms with Gasteiger partial charge in [-0.05, 0) is 42.5 Å². The Balaban J connectivity index is 2.03. The molecule has 1 aromatic heterocycles. The number of nitrogens with zero attached hydrogens (tertiary/aromatic N) is 3. The normalized spacial score (nSPS) is 15.5. The van der Waals surface area contributed by atoms with Gasteiger partial charge >= 0.3 is 6.03 Å². The second-order valence-corrected chi connectivity index (χ2v) is 7.47. The molecule has 0 bridgehead atoms. The molecule has 10 heteroatoms. The number of rotatable bonds is 3. The van der Waals surface area contributed by atoms with Crippen LogP contribution in [0.3, 0.4) is 0 Å². The van der Waals surface area contributed by atoms with E-state index < -0.39 is 27.9 Å². The summed E-state index contributed by atoms with van der Waals surface area (Å²) in [4.78, 5) is 38.1. The average molecular weight is 388 g/mol. The van der Waals surface area contributed by atoms with E-state index in [2.05, 4.69) is 0 Å². The zero-order valence-corrected chi connectivity index (χ0v) is 15.3. The molecule has 0 unspecified atom stereocenters. The number of carbonyl (C=O) groups is 3. The number of urea groups is 1. The largest absolute Gasteiger partial charge is 0.333 e. The second kappa shape index (κ2) is 6.49. The average Bonchev–Trinajstić information content (AvgIpc) is 3.09. The van der Waals surface area contributed by atoms with Crippen molar-refractivity contribution >= 4 is 33.9 Å². The molecule has 1 fully saturated rings. The van der Waals surface area contributed by atoms with Gasteiger partial charge in [-0.25, -0.2) is 18.4 Å². The SMILES string of the molecule is CN1C(=O)C(=Cc2cccn2-c2ccc(S(N)(=O)=O)cc2)C(=O)N(C)C1=O. The van der Waals surface area contributed by atoms with E-state index in [1.54, 1.807) is 35.0 Å². The van der Waals surface area contributed by atoms with Gasteiger partial charge in [0.15, 0.2) is 0 Å². The van der Waals surface area contributed by atoms with Crippen LogP contribution >= 0.6 is 0 Å². The molecule has 2 N–H and O–H groups in total. The van der Waals surface area contributed by atoms with E-state index in [9.17, 15) is 22.8 Å². The quantitative estimate of drug-likeness (QED) is 0.608. The van der Waals surface area contributed by atoms with Gasteiger partial charge in [0.1, 0.15) is 5.57 Å². The number of amides is 4. The van der Waals surface area contributed by atoms with Crippen molar-refractivity contribution in [2.45, 2.75) is 4.90 Å². The van der Waals surface area contributed by atoms with Crippen LogP contribution in [0.4, 0.5) is 4.79 Å². The summed E-state index contributed by atoms with van der Waals surface area (Å²) in [6, 6.07) is 8.50. The molecule has 9 nitrogen and oxygen atoms in total. The Morgan fingerprint density at radius 2 is 1.48 bits per heavy atom. The molecular formula is C17H16N4O5S. The fourth-order valence-electron chi connectivity index (χ4n) is 2.67. The van der Waals surface area contributed by atoms with Crippen molar-refractivity contribution in [3.8, 4) is 5.69 Å². The molecule has 1 saturated heterocycles. The van der Waals surface area contributed by atoms with Crippen LogP contribution in [0.5, 0.6) is 0 Å². The number of primary sulfonamides is 1. The molecule has 0 atom stereocenters. The topological polar surface area (TPSA) is 123 Å². The Labute approximate surface area is 155 Å². The Hall–Kier alpha value is -3.24. The van der Waals surface area contributed by atoms with E-state index in [1.807, 2.05) is 0 Å². The van der Waals surface area contributed by atoms with Gasteiger partial charge in [0.2, 0.25) is 10.0 Å². The molecule has 0 radical (unpaired) electrons. The number of likely N-dealkylation sites (N-methyl/N-ethyl adjacent to an activating group) is 2. The first-order valence-corrected chi connectivity index (χ1v) is 9.28. The van der Waals surface area contributed by atoms with E-state index in [0.29, 0.717) is 11.4 Å². The van der Waals surface area contributed by atoms with Crippen molar-refractivity contribution in [2.24, 2.45) is 5.14 Å². The summed E-state index contributed by atoms with van der Waals surface area (Å²) < 4.78 is 24.4. The number of hydrogen-bond acceptors (Lipinski definition) is 5. The first kappa shape index (κ1) is 18.5. The van der Waals surface area contributed by atoms with Crippen LogP contribution in [0.15, 0.2) is 53.1 Å². The fraction of sp³-hybridized carbons (Fsp3) is 0.118. The summed E-state index contributed by atoms with van der Waals surface area (Å²) in [7, 11) is -1.21. The molecular weight excluding hydrogens is 372 g/mol. The number of carbonyl (C=O) groups excluding carboxylic acids is 3. The number of nitrogens with two attached hydrogens (primary N) is 1. The van der Waals surface area contributed by atoms with Crippen molar-refractivity contribution in [3.05, 3.63) is 53.9 Å². The van der Waals surface area contributed by atoms with Crippen molar-refractivity contribution in [2.75, 3.05) is 14.1 Å². The highest BCUT2D eigenvalue weighted by atomic mass is 32.2. The number of barbiturate groups is 1. The zero-order valence-electron chi connectivity index (χ0n) is 14.5. The Morgan fingerprint density at radius 3 is 2.00 bits per heavy atom. The Bertz CT molecular complexity index is 1060. The van der Waals surface area contributed by atoms with Crippen molar-refractivity contribution in [3.63, 3.8) is 0 Å². The standard InChI is InChI=1S/C17H16N4O5S/c1-19-15(22)14(16(23)20(2)17(19)24)10-12-4-3-9-21(12)11-5-7-13(8-6-11)27(18,25)26/h3-10H,1-2H3,(H2,18,25,26). The lowest BCUT2D eigenvalue weighted by Gasteiger charge is -2.28. The molecule has 1 aliphatic heterocycles. The lowest BCUT2D eigenvalue weighted by atomic mass is 10.1. The van der Waals surface area contributed by atoms with Crippen LogP contribution in [0.25, 0.3) is 11.8 Å². The third-order valence-electron chi connectivity index (χ3n) is 4.16. The minimum Gasteiger partial charge on any atom is -0.317 e. The fourth-order valence-corrected chi connectivity index (χ4v) is 3.18. The lowest BCUT2D eigenvalue weighted by molar-refractivity contribution is -0.134. The summed E-state index contributed by atoms with van der Waals surface area (Å²) >= 11 is 0. The van der Waals surface area contributed by atoms with E-state index in [1.165, 1.54) is 32.3 Å². The molecule has 2 heterocycles. The van der Waals surface area contributed by atoms with Crippen LogP contribution in [-0.4, -0.2) is 54.7 Å². The van der Waals surface area contributed by atoms with E-state index in [0.717, 1.165) is 9.80 Å². The van der Waals surface area contributed by atoms with E-state index in [-0.39, 0.29) is 10.5 Å². The van der Waals surface area contributed by atoms with Crippen LogP contribution < -0.4 is 5.14 Å². The highest BCUT2D eigenvalue weighted by Crippen LogP contribution is 2.21. The molecule has 0 aliphatic carbocycles. The first-order chi connectivity index (χ1) is 12.6. The smallest absolute Gasteiger partial charge is 0.317 e. The number of hydrogen-bond donors (Lipinski definition) is 1. The molecule has 1 aliphatic rings. The molecule has 0 spiro atoms. The van der Waals surface area contributed by atoms with Gasteiger partial charge in [0, 0.05) is 31.7 Å². The van der Waals surface area contributed by atoms with Gasteiger partial charge in [-0.1, -0.05) is 0 Å². The van der Waals surface area contributed by atoms with Gasteiger partial charge in [0.05, 0.1) is 4.90 Å². The summed E-state index contributed by atoms with van der Waals surface area (Å²) in [6.45, 7) is 0. The Kier molecular flexibility index (Phi) is 4.46. The monoisotopic (exact) mass is 388 g/mol. The van der Waals surface area contributed by atoms with Crippen LogP contribution in [-0.2, 0) is 19.6 Å². The summed E-state index contributed by atoms with van der Waals surface area (Å²) in [5.74, 6) is -1.39. The summed E-state index contributed by atoms with van der Waals surface area (Å²) in [6.07, 6.45) is 3.08. The molecule has 0 saturated carbocycles. The summed E-state index contributed by atoms with van der Waals surface area (Å²) in [5, 5.41) is 5.09. The third-order valence-corrected chi connectivity index (χ3v) is 5.09. The van der Waals surface area contributed by atoms with Crippen molar-refractivity contribution < 1.29 is 22.8 Å². The van der Waals surface area contributed by atoms with E-state index >= 15 is 0 Å². The van der Waals surface area contributed by atoms with E-state index in [4.69, 9.17) is 5.14 Å². The minimum absolute atomic E-state index is 0.0299. The highest BCUT2D eigenvalue weighted by molar-refractivity contribution is 7.89. The van der Waals surface area contributed by atoms with Crippen molar-refractivity contribution in [1.82, 2.24) is 14.4 Å². The van der Waals surface area contributed by atoms with Gasteiger partial charge in [-0.15, -0.1) is 0 Å². The lowest BCUT2D eigenvalue weighted by Crippen LogP contribution is -2.52. The molecule has 27 heavy (non-hydrogen) atoms. The molecule has 3 rings (SSSR count). The predicted molar refractivity (Wildman–Crippen MR) is 96.1 cm³/mol. The zero-order chi connectivity index (χ0) is 19.9. The molecule has 140 valence electrons. The Morgan fingerprint density at radius 1 is 0.926 bits per heavy atom. The number of aromatic nitrogens is 1. The highest BCUT2D eigenvalue weighted by Gasteiger charge is 2.37. The maximum absolute atomic E-state index is 12.3. The minimum atomic E-state index is -3.81. The molecule has 1 aromatic carbocycles. The maximum Gasteiger partial charge on any atom is 0.333 e. The number of imide groups is 2. The third kappa shape index (κ3) is 3.27. The van der Waals surface area contributed by atoms with Crippen LogP contribution in [0.1, 0.15) is 5.69 Å². The number of sulfonamides is 1. The van der Waals surface area contributed by atoms with Crippen LogP contribution in [0, 0.1) is 0 Å². The molecule has 4 amide bonds. The van der Waals surface area contributed by atoms with Gasteiger partial charge in [-0.2, -0.15) is 0 Å². The second-order valence-electron chi connectivity index (χ2n) is 5.91. The predicted octanol–water partition coefficient (Wildman–Crippen LogP) is 0.558. The molecule has 2 aromatic rings. The number of benzene rings is 1. The first-order valence-electron chi connectivity index (χ1n) is 7.73. The van der Waals surface area contributed by atoms with Gasteiger partial charge in [0.25, 0.3) is 11.8 Å². The van der Waals surface area contributed by atoms with Gasteiger partial charge in [-0.3, -0.25) is 19.4 Å².